The monoisotopic (exact) mass is 617 g/mol. The van der Waals surface area contributed by atoms with Crippen LogP contribution in [0.3, 0.4) is 0 Å². The van der Waals surface area contributed by atoms with Crippen LogP contribution in [0.2, 0.25) is 0 Å². The highest BCUT2D eigenvalue weighted by molar-refractivity contribution is 6.09. The van der Waals surface area contributed by atoms with Crippen molar-refractivity contribution in [3.05, 3.63) is 77.5 Å². The van der Waals surface area contributed by atoms with E-state index in [-0.39, 0.29) is 23.7 Å². The lowest BCUT2D eigenvalue weighted by Gasteiger charge is -2.36. The number of carbonyl (C=O) groups excluding carboxylic acids is 1. The Hall–Kier alpha value is -4.11. The maximum absolute atomic E-state index is 14.3. The van der Waals surface area contributed by atoms with Gasteiger partial charge in [0.2, 0.25) is 0 Å². The third-order valence-corrected chi connectivity index (χ3v) is 8.02. The maximum Gasteiger partial charge on any atom is 0.304 e. The van der Waals surface area contributed by atoms with Gasteiger partial charge in [-0.3, -0.25) is 14.5 Å². The highest BCUT2D eigenvalue weighted by atomic mass is 16.5. The molecule has 1 N–H and O–H groups in total. The summed E-state index contributed by atoms with van der Waals surface area (Å²) in [7, 11) is 3.22. The van der Waals surface area contributed by atoms with E-state index in [0.717, 1.165) is 48.6 Å². The molecule has 0 spiro atoms. The molecule has 242 valence electrons. The second-order valence-electron chi connectivity index (χ2n) is 13.0. The Labute approximate surface area is 267 Å². The van der Waals surface area contributed by atoms with Crippen LogP contribution in [0.5, 0.6) is 11.5 Å². The number of amides is 1. The number of aliphatic carboxylic acids is 1. The van der Waals surface area contributed by atoms with E-state index in [9.17, 15) is 14.7 Å². The van der Waals surface area contributed by atoms with Crippen molar-refractivity contribution in [2.24, 2.45) is 11.3 Å². The van der Waals surface area contributed by atoms with Crippen molar-refractivity contribution in [1.29, 1.82) is 0 Å². The van der Waals surface area contributed by atoms with Crippen LogP contribution in [-0.2, 0) is 9.53 Å². The molecule has 45 heavy (non-hydrogen) atoms. The quantitative estimate of drug-likeness (QED) is 0.229. The number of rotatable bonds is 13. The lowest BCUT2D eigenvalue weighted by Crippen LogP contribution is -2.41. The number of benzene rings is 2. The van der Waals surface area contributed by atoms with Crippen LogP contribution in [0, 0.1) is 18.3 Å². The molecule has 1 aliphatic rings. The molecular weight excluding hydrogens is 570 g/mol. The summed E-state index contributed by atoms with van der Waals surface area (Å²) in [6.07, 6.45) is 1.81. The van der Waals surface area contributed by atoms with Crippen molar-refractivity contribution < 1.29 is 28.9 Å². The van der Waals surface area contributed by atoms with E-state index in [2.05, 4.69) is 25.7 Å². The van der Waals surface area contributed by atoms with Gasteiger partial charge < -0.3 is 24.2 Å². The standard InChI is InChI=1S/C36H47N3O6/c1-25-9-7-12-33(37-25)39(24-36(2,3)4)35(42)31-14-13-29(44-6)21-32(31)38-17-15-26(16-18-38)22-45-30-11-8-10-27(19-30)28(23-43-5)20-34(40)41/h7-14,19,21,26,28H,15-18,20,22-24H2,1-6H3,(H,40,41). The minimum Gasteiger partial charge on any atom is -0.497 e. The number of aromatic nitrogens is 1. The molecule has 1 saturated heterocycles. The molecule has 9 nitrogen and oxygen atoms in total. The van der Waals surface area contributed by atoms with Crippen molar-refractivity contribution in [2.75, 3.05) is 56.9 Å². The SMILES string of the molecule is COCC(CC(=O)O)c1cccc(OCC2CCN(c3cc(OC)ccc3C(=O)N(CC(C)(C)C)c3cccc(C)n3)CC2)c1. The first-order chi connectivity index (χ1) is 21.5. The molecule has 1 fully saturated rings. The maximum atomic E-state index is 14.3. The van der Waals surface area contributed by atoms with Crippen LogP contribution in [-0.4, -0.2) is 69.0 Å². The molecule has 1 amide bonds. The van der Waals surface area contributed by atoms with E-state index in [1.54, 1.807) is 19.1 Å². The normalized spacial score (nSPS) is 14.6. The molecular formula is C36H47N3O6. The molecule has 1 unspecified atom stereocenters. The van der Waals surface area contributed by atoms with E-state index < -0.39 is 5.97 Å². The Bertz CT molecular complexity index is 1440. The summed E-state index contributed by atoms with van der Waals surface area (Å²) >= 11 is 0. The second-order valence-corrected chi connectivity index (χ2v) is 13.0. The molecule has 3 aromatic rings. The third-order valence-electron chi connectivity index (χ3n) is 8.02. The summed E-state index contributed by atoms with van der Waals surface area (Å²) in [5, 5.41) is 9.31. The third kappa shape index (κ3) is 9.44. The summed E-state index contributed by atoms with van der Waals surface area (Å²) in [6.45, 7) is 11.3. The molecule has 0 radical (unpaired) electrons. The molecule has 2 heterocycles. The molecule has 0 aliphatic carbocycles. The Balaban J connectivity index is 1.47. The minimum atomic E-state index is -0.857. The number of hydrogen-bond acceptors (Lipinski definition) is 7. The Morgan fingerprint density at radius 1 is 1.02 bits per heavy atom. The highest BCUT2D eigenvalue weighted by Crippen LogP contribution is 2.33. The fourth-order valence-electron chi connectivity index (χ4n) is 5.73. The van der Waals surface area contributed by atoms with Gasteiger partial charge in [-0.05, 0) is 73.1 Å². The van der Waals surface area contributed by atoms with Crippen molar-refractivity contribution in [3.63, 3.8) is 0 Å². The average Bonchev–Trinajstić information content (AvgIpc) is 3.01. The number of pyridine rings is 1. The average molecular weight is 618 g/mol. The van der Waals surface area contributed by atoms with Crippen LogP contribution < -0.4 is 19.3 Å². The van der Waals surface area contributed by atoms with E-state index in [1.165, 1.54) is 0 Å². The first-order valence-corrected chi connectivity index (χ1v) is 15.6. The number of aryl methyl sites for hydroxylation is 1. The van der Waals surface area contributed by atoms with Crippen LogP contribution >= 0.6 is 0 Å². The van der Waals surface area contributed by atoms with Gasteiger partial charge in [0.25, 0.3) is 5.91 Å². The topological polar surface area (TPSA) is 101 Å². The molecule has 9 heteroatoms. The lowest BCUT2D eigenvalue weighted by molar-refractivity contribution is -0.137. The number of carbonyl (C=O) groups is 2. The van der Waals surface area contributed by atoms with Crippen LogP contribution in [0.1, 0.15) is 67.6 Å². The zero-order valence-electron chi connectivity index (χ0n) is 27.4. The summed E-state index contributed by atoms with van der Waals surface area (Å²) in [6, 6.07) is 19.1. The van der Waals surface area contributed by atoms with Gasteiger partial charge in [-0.25, -0.2) is 4.98 Å². The van der Waals surface area contributed by atoms with Gasteiger partial charge >= 0.3 is 5.97 Å². The largest absolute Gasteiger partial charge is 0.497 e. The Morgan fingerprint density at radius 3 is 2.40 bits per heavy atom. The molecule has 0 bridgehead atoms. The number of methoxy groups -OCH3 is 2. The number of nitrogens with zero attached hydrogens (tertiary/aromatic N) is 3. The zero-order valence-corrected chi connectivity index (χ0v) is 27.4. The van der Waals surface area contributed by atoms with Gasteiger partial charge in [0.1, 0.15) is 17.3 Å². The number of hydrogen-bond donors (Lipinski definition) is 1. The van der Waals surface area contributed by atoms with Gasteiger partial charge in [-0.15, -0.1) is 0 Å². The van der Waals surface area contributed by atoms with Crippen molar-refractivity contribution in [3.8, 4) is 11.5 Å². The van der Waals surface area contributed by atoms with E-state index in [1.807, 2.05) is 67.6 Å². The predicted molar refractivity (Wildman–Crippen MR) is 177 cm³/mol. The van der Waals surface area contributed by atoms with Gasteiger partial charge in [0, 0.05) is 44.4 Å². The van der Waals surface area contributed by atoms with E-state index >= 15 is 0 Å². The van der Waals surface area contributed by atoms with E-state index in [4.69, 9.17) is 19.2 Å². The molecule has 4 rings (SSSR count). The molecule has 2 aromatic carbocycles. The molecule has 1 atom stereocenters. The zero-order chi connectivity index (χ0) is 32.6. The van der Waals surface area contributed by atoms with Crippen LogP contribution in [0.15, 0.2) is 60.7 Å². The Kier molecular flexibility index (Phi) is 11.4. The van der Waals surface area contributed by atoms with Gasteiger partial charge in [-0.2, -0.15) is 0 Å². The second kappa shape index (κ2) is 15.3. The summed E-state index contributed by atoms with van der Waals surface area (Å²) < 4.78 is 17.0. The van der Waals surface area contributed by atoms with E-state index in [0.29, 0.717) is 42.8 Å². The first-order valence-electron chi connectivity index (χ1n) is 15.6. The molecule has 0 saturated carbocycles. The van der Waals surface area contributed by atoms with Crippen molar-refractivity contribution in [2.45, 2.75) is 52.9 Å². The van der Waals surface area contributed by atoms with Crippen LogP contribution in [0.25, 0.3) is 0 Å². The fourth-order valence-corrected chi connectivity index (χ4v) is 5.73. The fraction of sp³-hybridized carbons (Fsp3) is 0.472. The smallest absolute Gasteiger partial charge is 0.304 e. The summed E-state index contributed by atoms with van der Waals surface area (Å²) in [5.41, 5.74) is 3.11. The van der Waals surface area contributed by atoms with Crippen molar-refractivity contribution >= 4 is 23.4 Å². The minimum absolute atomic E-state index is 0.0000173. The number of carboxylic acid groups (broad SMARTS) is 1. The first kappa shape index (κ1) is 33.8. The number of piperidine rings is 1. The molecule has 1 aromatic heterocycles. The highest BCUT2D eigenvalue weighted by Gasteiger charge is 2.29. The van der Waals surface area contributed by atoms with Crippen LogP contribution in [0.4, 0.5) is 11.5 Å². The van der Waals surface area contributed by atoms with Gasteiger partial charge in [-0.1, -0.05) is 39.0 Å². The summed E-state index contributed by atoms with van der Waals surface area (Å²) in [5.74, 6) is 1.25. The predicted octanol–water partition coefficient (Wildman–Crippen LogP) is 6.59. The van der Waals surface area contributed by atoms with Gasteiger partial charge in [0.05, 0.1) is 38.0 Å². The number of carboxylic acids is 1. The van der Waals surface area contributed by atoms with Crippen molar-refractivity contribution in [1.82, 2.24) is 4.98 Å². The van der Waals surface area contributed by atoms with Gasteiger partial charge in [0.15, 0.2) is 0 Å². The summed E-state index contributed by atoms with van der Waals surface area (Å²) in [4.78, 5) is 34.4. The number of ether oxygens (including phenoxy) is 3. The Morgan fingerprint density at radius 2 is 1.76 bits per heavy atom. The molecule has 1 aliphatic heterocycles. The lowest BCUT2D eigenvalue weighted by atomic mass is 9.94. The number of anilines is 2.